The van der Waals surface area contributed by atoms with Crippen LogP contribution in [-0.4, -0.2) is 4.98 Å². The van der Waals surface area contributed by atoms with E-state index in [1.165, 1.54) is 0 Å². The third-order valence-electron chi connectivity index (χ3n) is 1.55. The number of hydrogen-bond acceptors (Lipinski definition) is 3. The standard InChI is InChI=1S/C8H7Cl2N3/c9-7-2-1-5(8(10)13-7)6(12)3-4-11/h1-2,6H,3,12H2. The average molecular weight is 216 g/mol. The highest BCUT2D eigenvalue weighted by molar-refractivity contribution is 6.32. The van der Waals surface area contributed by atoms with Gasteiger partial charge in [-0.15, -0.1) is 0 Å². The Hall–Kier alpha value is -0.820. The van der Waals surface area contributed by atoms with Gasteiger partial charge in [0.25, 0.3) is 0 Å². The first kappa shape index (κ1) is 10.3. The number of pyridine rings is 1. The van der Waals surface area contributed by atoms with Crippen molar-refractivity contribution in [2.45, 2.75) is 12.5 Å². The Morgan fingerprint density at radius 3 is 2.77 bits per heavy atom. The van der Waals surface area contributed by atoms with Gasteiger partial charge in [0.15, 0.2) is 0 Å². The van der Waals surface area contributed by atoms with E-state index < -0.39 is 6.04 Å². The minimum atomic E-state index is -0.401. The molecule has 0 aromatic carbocycles. The van der Waals surface area contributed by atoms with E-state index in [0.717, 1.165) is 0 Å². The lowest BCUT2D eigenvalue weighted by Gasteiger charge is -2.08. The SMILES string of the molecule is N#CCC(N)c1ccc(Cl)nc1Cl. The Labute approximate surface area is 86.1 Å². The van der Waals surface area contributed by atoms with E-state index in [-0.39, 0.29) is 11.6 Å². The second-order valence-corrected chi connectivity index (χ2v) is 3.23. The number of nitrogens with zero attached hydrogens (tertiary/aromatic N) is 2. The van der Waals surface area contributed by atoms with Gasteiger partial charge in [-0.3, -0.25) is 0 Å². The smallest absolute Gasteiger partial charge is 0.135 e. The number of rotatable bonds is 2. The van der Waals surface area contributed by atoms with E-state index in [0.29, 0.717) is 10.7 Å². The molecule has 68 valence electrons. The Morgan fingerprint density at radius 2 is 2.23 bits per heavy atom. The highest BCUT2D eigenvalue weighted by Crippen LogP contribution is 2.23. The summed E-state index contributed by atoms with van der Waals surface area (Å²) >= 11 is 11.4. The summed E-state index contributed by atoms with van der Waals surface area (Å²) in [4.78, 5) is 3.82. The monoisotopic (exact) mass is 215 g/mol. The number of hydrogen-bond donors (Lipinski definition) is 1. The summed E-state index contributed by atoms with van der Waals surface area (Å²) in [5.74, 6) is 0. The van der Waals surface area contributed by atoms with Crippen LogP contribution in [0.25, 0.3) is 0 Å². The molecule has 0 bridgehead atoms. The molecule has 0 saturated carbocycles. The van der Waals surface area contributed by atoms with Gasteiger partial charge in [0.2, 0.25) is 0 Å². The van der Waals surface area contributed by atoms with E-state index >= 15 is 0 Å². The van der Waals surface area contributed by atoms with E-state index in [1.807, 2.05) is 6.07 Å². The first-order chi connectivity index (χ1) is 6.15. The summed E-state index contributed by atoms with van der Waals surface area (Å²) in [6.07, 6.45) is 0.211. The van der Waals surface area contributed by atoms with Crippen molar-refractivity contribution in [1.29, 1.82) is 5.26 Å². The minimum absolute atomic E-state index is 0.211. The minimum Gasteiger partial charge on any atom is -0.323 e. The van der Waals surface area contributed by atoms with E-state index in [2.05, 4.69) is 4.98 Å². The third kappa shape index (κ3) is 2.56. The van der Waals surface area contributed by atoms with Crippen molar-refractivity contribution in [3.8, 4) is 6.07 Å². The summed E-state index contributed by atoms with van der Waals surface area (Å²) in [5.41, 5.74) is 6.31. The molecular weight excluding hydrogens is 209 g/mol. The molecule has 1 rings (SSSR count). The molecule has 0 spiro atoms. The Bertz CT molecular complexity index is 346. The molecule has 2 N–H and O–H groups in total. The second kappa shape index (κ2) is 4.43. The summed E-state index contributed by atoms with van der Waals surface area (Å²) in [5, 5.41) is 9.00. The first-order valence-corrected chi connectivity index (χ1v) is 4.35. The second-order valence-electron chi connectivity index (χ2n) is 2.48. The average Bonchev–Trinajstić information content (AvgIpc) is 2.04. The molecule has 1 aromatic rings. The number of aromatic nitrogens is 1. The Balaban J connectivity index is 2.96. The van der Waals surface area contributed by atoms with Crippen molar-refractivity contribution in [2.75, 3.05) is 0 Å². The molecule has 1 atom stereocenters. The maximum absolute atomic E-state index is 8.42. The van der Waals surface area contributed by atoms with Crippen molar-refractivity contribution in [3.05, 3.63) is 28.0 Å². The van der Waals surface area contributed by atoms with Crippen LogP contribution in [0.1, 0.15) is 18.0 Å². The molecule has 0 aliphatic rings. The van der Waals surface area contributed by atoms with Crippen LogP contribution in [0.15, 0.2) is 12.1 Å². The lowest BCUT2D eigenvalue weighted by Crippen LogP contribution is -2.10. The van der Waals surface area contributed by atoms with Crippen LogP contribution in [0, 0.1) is 11.3 Å². The number of nitrogens with two attached hydrogens (primary N) is 1. The van der Waals surface area contributed by atoms with Crippen LogP contribution in [-0.2, 0) is 0 Å². The molecule has 0 amide bonds. The quantitative estimate of drug-likeness (QED) is 0.771. The fraction of sp³-hybridized carbons (Fsp3) is 0.250. The van der Waals surface area contributed by atoms with Gasteiger partial charge >= 0.3 is 0 Å². The van der Waals surface area contributed by atoms with Crippen LogP contribution >= 0.6 is 23.2 Å². The van der Waals surface area contributed by atoms with Gasteiger partial charge in [-0.25, -0.2) is 4.98 Å². The molecule has 13 heavy (non-hydrogen) atoms. The molecule has 0 aliphatic carbocycles. The molecule has 0 fully saturated rings. The van der Waals surface area contributed by atoms with Gasteiger partial charge in [0.05, 0.1) is 12.5 Å². The number of nitriles is 1. The van der Waals surface area contributed by atoms with Crippen LogP contribution in [0.5, 0.6) is 0 Å². The molecular formula is C8H7Cl2N3. The van der Waals surface area contributed by atoms with Gasteiger partial charge in [-0.05, 0) is 6.07 Å². The summed E-state index contributed by atoms with van der Waals surface area (Å²) in [7, 11) is 0. The van der Waals surface area contributed by atoms with Crippen LogP contribution < -0.4 is 5.73 Å². The van der Waals surface area contributed by atoms with E-state index in [9.17, 15) is 0 Å². The van der Waals surface area contributed by atoms with Crippen molar-refractivity contribution < 1.29 is 0 Å². The predicted octanol–water partition coefficient (Wildman–Crippen LogP) is 2.30. The van der Waals surface area contributed by atoms with Crippen LogP contribution in [0.4, 0.5) is 0 Å². The zero-order valence-corrected chi connectivity index (χ0v) is 8.18. The van der Waals surface area contributed by atoms with Gasteiger partial charge in [-0.2, -0.15) is 5.26 Å². The lowest BCUT2D eigenvalue weighted by atomic mass is 10.1. The molecule has 5 heteroatoms. The Morgan fingerprint density at radius 1 is 1.54 bits per heavy atom. The predicted molar refractivity (Wildman–Crippen MR) is 51.4 cm³/mol. The highest BCUT2D eigenvalue weighted by Gasteiger charge is 2.10. The number of halogens is 2. The van der Waals surface area contributed by atoms with E-state index in [1.54, 1.807) is 12.1 Å². The van der Waals surface area contributed by atoms with E-state index in [4.69, 9.17) is 34.2 Å². The maximum Gasteiger partial charge on any atom is 0.135 e. The first-order valence-electron chi connectivity index (χ1n) is 3.59. The molecule has 1 aromatic heterocycles. The fourth-order valence-corrected chi connectivity index (χ4v) is 1.39. The molecule has 3 nitrogen and oxygen atoms in total. The van der Waals surface area contributed by atoms with Crippen molar-refractivity contribution >= 4 is 23.2 Å². The molecule has 1 unspecified atom stereocenters. The van der Waals surface area contributed by atoms with Gasteiger partial charge in [0.1, 0.15) is 10.3 Å². The van der Waals surface area contributed by atoms with Crippen molar-refractivity contribution in [2.24, 2.45) is 5.73 Å². The topological polar surface area (TPSA) is 62.7 Å². The van der Waals surface area contributed by atoms with Crippen molar-refractivity contribution in [3.63, 3.8) is 0 Å². The molecule has 0 saturated heterocycles. The zero-order chi connectivity index (χ0) is 9.84. The molecule has 1 heterocycles. The third-order valence-corrected chi connectivity index (χ3v) is 2.07. The summed E-state index contributed by atoms with van der Waals surface area (Å²) in [6, 6.07) is 4.84. The highest BCUT2D eigenvalue weighted by atomic mass is 35.5. The molecule has 0 aliphatic heterocycles. The maximum atomic E-state index is 8.42. The van der Waals surface area contributed by atoms with Crippen LogP contribution in [0.3, 0.4) is 0 Å². The summed E-state index contributed by atoms with van der Waals surface area (Å²) in [6.45, 7) is 0. The lowest BCUT2D eigenvalue weighted by molar-refractivity contribution is 0.744. The van der Waals surface area contributed by atoms with Gasteiger partial charge < -0.3 is 5.73 Å². The van der Waals surface area contributed by atoms with Crippen LogP contribution in [0.2, 0.25) is 10.3 Å². The zero-order valence-electron chi connectivity index (χ0n) is 6.67. The van der Waals surface area contributed by atoms with Gasteiger partial charge in [-0.1, -0.05) is 29.3 Å². The largest absolute Gasteiger partial charge is 0.323 e. The van der Waals surface area contributed by atoms with Crippen molar-refractivity contribution in [1.82, 2.24) is 4.98 Å². The fourth-order valence-electron chi connectivity index (χ4n) is 0.908. The van der Waals surface area contributed by atoms with Gasteiger partial charge in [0, 0.05) is 11.6 Å². The molecule has 0 radical (unpaired) electrons. The normalized spacial score (nSPS) is 12.2. The Kier molecular flexibility index (Phi) is 3.49. The summed E-state index contributed by atoms with van der Waals surface area (Å²) < 4.78 is 0.